The fourth-order valence-electron chi connectivity index (χ4n) is 1.61. The molecule has 0 fully saturated rings. The van der Waals surface area contributed by atoms with Crippen LogP contribution in [0.15, 0.2) is 0 Å². The van der Waals surface area contributed by atoms with E-state index in [2.05, 4.69) is 20.4 Å². The number of hydrogen-bond donors (Lipinski definition) is 3. The minimum absolute atomic E-state index is 0.0407. The van der Waals surface area contributed by atoms with E-state index in [0.717, 1.165) is 0 Å². The summed E-state index contributed by atoms with van der Waals surface area (Å²) in [5, 5.41) is 0. The topological polar surface area (TPSA) is 126 Å². The van der Waals surface area contributed by atoms with Crippen LogP contribution >= 0.6 is 0 Å². The Morgan fingerprint density at radius 3 is 2.30 bits per heavy atom. The Balaban J connectivity index is 3.16. The van der Waals surface area contributed by atoms with Gasteiger partial charge in [-0.15, -0.1) is 0 Å². The molecule has 20 heavy (non-hydrogen) atoms. The molecule has 1 rings (SSSR count). The van der Waals surface area contributed by atoms with E-state index in [4.69, 9.17) is 11.6 Å². The van der Waals surface area contributed by atoms with Gasteiger partial charge in [-0.3, -0.25) is 10.2 Å². The van der Waals surface area contributed by atoms with Crippen LogP contribution in [-0.2, 0) is 4.79 Å². The van der Waals surface area contributed by atoms with Gasteiger partial charge >= 0.3 is 0 Å². The molecule has 9 heteroatoms. The molecule has 0 bridgehead atoms. The van der Waals surface area contributed by atoms with Gasteiger partial charge in [0.1, 0.15) is 0 Å². The summed E-state index contributed by atoms with van der Waals surface area (Å²) < 4.78 is 0. The fraction of sp³-hybridized carbons (Fsp3) is 0.636. The molecular weight excluding hydrogens is 260 g/mol. The summed E-state index contributed by atoms with van der Waals surface area (Å²) >= 11 is 0. The van der Waals surface area contributed by atoms with Crippen molar-refractivity contribution < 1.29 is 4.79 Å². The number of nitrogens with one attached hydrogen (secondary N) is 1. The second-order valence-corrected chi connectivity index (χ2v) is 5.04. The average molecular weight is 282 g/mol. The summed E-state index contributed by atoms with van der Waals surface area (Å²) in [6, 6.07) is 0. The zero-order valence-corrected chi connectivity index (χ0v) is 12.3. The number of nitrogens with zero attached hydrogens (tertiary/aromatic N) is 5. The highest BCUT2D eigenvalue weighted by molar-refractivity contribution is 5.79. The molecule has 0 saturated carbocycles. The van der Waals surface area contributed by atoms with Gasteiger partial charge in [0, 0.05) is 20.6 Å². The van der Waals surface area contributed by atoms with Crippen molar-refractivity contribution >= 4 is 23.8 Å². The third-order valence-electron chi connectivity index (χ3n) is 2.36. The summed E-state index contributed by atoms with van der Waals surface area (Å²) in [5.41, 5.74) is 7.66. The van der Waals surface area contributed by atoms with Crippen LogP contribution in [0.2, 0.25) is 0 Å². The van der Waals surface area contributed by atoms with Gasteiger partial charge in [0.05, 0.1) is 6.54 Å². The monoisotopic (exact) mass is 282 g/mol. The Bertz CT molecular complexity index is 462. The van der Waals surface area contributed by atoms with E-state index in [1.165, 1.54) is 0 Å². The molecule has 112 valence electrons. The second kappa shape index (κ2) is 6.85. The average Bonchev–Trinajstić information content (AvgIpc) is 2.36. The smallest absolute Gasteiger partial charge is 0.243 e. The zero-order chi connectivity index (χ0) is 15.3. The van der Waals surface area contributed by atoms with Crippen molar-refractivity contribution in [3.8, 4) is 0 Å². The maximum Gasteiger partial charge on any atom is 0.243 e. The Labute approximate surface area is 118 Å². The minimum Gasteiger partial charge on any atom is -0.368 e. The maximum atomic E-state index is 11.2. The second-order valence-electron chi connectivity index (χ2n) is 5.04. The molecule has 0 aliphatic carbocycles. The maximum absolute atomic E-state index is 11.2. The summed E-state index contributed by atoms with van der Waals surface area (Å²) in [7, 11) is 3.61. The van der Waals surface area contributed by atoms with E-state index < -0.39 is 5.91 Å². The van der Waals surface area contributed by atoms with Crippen LogP contribution in [-0.4, -0.2) is 48.0 Å². The van der Waals surface area contributed by atoms with Gasteiger partial charge in [0.2, 0.25) is 23.8 Å². The first-order valence-electron chi connectivity index (χ1n) is 6.26. The quantitative estimate of drug-likeness (QED) is 0.437. The molecule has 0 saturated heterocycles. The summed E-state index contributed by atoms with van der Waals surface area (Å²) in [6.07, 6.45) is 0. The summed E-state index contributed by atoms with van der Waals surface area (Å²) in [5.74, 6) is 6.28. The van der Waals surface area contributed by atoms with Gasteiger partial charge in [-0.05, 0) is 5.92 Å². The van der Waals surface area contributed by atoms with Crippen molar-refractivity contribution in [2.75, 3.05) is 42.4 Å². The van der Waals surface area contributed by atoms with Crippen molar-refractivity contribution in [1.29, 1.82) is 0 Å². The SMILES string of the molecule is CC(C)CN(CC(N)=O)c1nc(NN)nc(N(C)C)n1. The number of nitrogen functional groups attached to an aromatic ring is 1. The predicted molar refractivity (Wildman–Crippen MR) is 78.2 cm³/mol. The van der Waals surface area contributed by atoms with Crippen molar-refractivity contribution in [1.82, 2.24) is 15.0 Å². The number of amides is 1. The molecule has 1 heterocycles. The highest BCUT2D eigenvalue weighted by Gasteiger charge is 2.17. The molecule has 0 aliphatic heterocycles. The number of primary amides is 1. The van der Waals surface area contributed by atoms with Crippen LogP contribution in [0.4, 0.5) is 17.8 Å². The molecular formula is C11H22N8O. The Hall–Kier alpha value is -2.16. The number of anilines is 3. The van der Waals surface area contributed by atoms with E-state index >= 15 is 0 Å². The first kappa shape index (κ1) is 15.9. The number of carbonyl (C=O) groups excluding carboxylic acids is 1. The lowest BCUT2D eigenvalue weighted by Gasteiger charge is -2.24. The van der Waals surface area contributed by atoms with Crippen LogP contribution in [0, 0.1) is 5.92 Å². The molecule has 0 aliphatic rings. The number of aromatic nitrogens is 3. The van der Waals surface area contributed by atoms with Gasteiger partial charge in [-0.2, -0.15) is 15.0 Å². The molecule has 9 nitrogen and oxygen atoms in total. The lowest BCUT2D eigenvalue weighted by Crippen LogP contribution is -2.38. The summed E-state index contributed by atoms with van der Waals surface area (Å²) in [6.45, 7) is 4.71. The molecule has 1 amide bonds. The lowest BCUT2D eigenvalue weighted by molar-refractivity contribution is -0.116. The van der Waals surface area contributed by atoms with E-state index in [-0.39, 0.29) is 12.5 Å². The zero-order valence-electron chi connectivity index (χ0n) is 12.3. The molecule has 0 spiro atoms. The molecule has 5 N–H and O–H groups in total. The van der Waals surface area contributed by atoms with Gasteiger partial charge in [-0.1, -0.05) is 13.8 Å². The summed E-state index contributed by atoms with van der Waals surface area (Å²) in [4.78, 5) is 27.2. The van der Waals surface area contributed by atoms with Gasteiger partial charge in [0.25, 0.3) is 0 Å². The van der Waals surface area contributed by atoms with E-state index in [9.17, 15) is 4.79 Å². The first-order valence-corrected chi connectivity index (χ1v) is 6.26. The molecule has 1 aromatic rings. The van der Waals surface area contributed by atoms with Crippen molar-refractivity contribution in [2.24, 2.45) is 17.5 Å². The van der Waals surface area contributed by atoms with Crippen molar-refractivity contribution in [3.63, 3.8) is 0 Å². The predicted octanol–water partition coefficient (Wildman–Crippen LogP) is -0.829. The standard InChI is InChI=1S/C11H22N8O/c1-7(2)5-19(6-8(12)20)11-15-9(17-13)14-10(16-11)18(3)4/h7H,5-6,13H2,1-4H3,(H2,12,20)(H,14,15,16,17). The molecule has 0 atom stereocenters. The number of nitrogens with two attached hydrogens (primary N) is 2. The molecule has 0 aromatic carbocycles. The molecule has 1 aromatic heterocycles. The normalized spacial score (nSPS) is 10.5. The van der Waals surface area contributed by atoms with Crippen molar-refractivity contribution in [3.05, 3.63) is 0 Å². The minimum atomic E-state index is -0.445. The van der Waals surface area contributed by atoms with E-state index in [1.54, 1.807) is 23.9 Å². The number of rotatable bonds is 7. The van der Waals surface area contributed by atoms with Gasteiger partial charge < -0.3 is 15.5 Å². The lowest BCUT2D eigenvalue weighted by atomic mass is 10.2. The molecule has 0 unspecified atom stereocenters. The van der Waals surface area contributed by atoms with E-state index in [1.807, 2.05) is 13.8 Å². The van der Waals surface area contributed by atoms with Gasteiger partial charge in [0.15, 0.2) is 0 Å². The van der Waals surface area contributed by atoms with Crippen LogP contribution < -0.4 is 26.8 Å². The Morgan fingerprint density at radius 1 is 1.25 bits per heavy atom. The molecule has 0 radical (unpaired) electrons. The fourth-order valence-corrected chi connectivity index (χ4v) is 1.61. The Morgan fingerprint density at radius 2 is 1.85 bits per heavy atom. The van der Waals surface area contributed by atoms with Crippen molar-refractivity contribution in [2.45, 2.75) is 13.8 Å². The third kappa shape index (κ3) is 4.50. The highest BCUT2D eigenvalue weighted by atomic mass is 16.1. The van der Waals surface area contributed by atoms with Crippen LogP contribution in [0.3, 0.4) is 0 Å². The Kier molecular flexibility index (Phi) is 5.44. The van der Waals surface area contributed by atoms with Crippen LogP contribution in [0.5, 0.6) is 0 Å². The first-order chi connectivity index (χ1) is 9.33. The van der Waals surface area contributed by atoms with E-state index in [0.29, 0.717) is 24.4 Å². The van der Waals surface area contributed by atoms with Crippen LogP contribution in [0.25, 0.3) is 0 Å². The van der Waals surface area contributed by atoms with Crippen LogP contribution in [0.1, 0.15) is 13.8 Å². The van der Waals surface area contributed by atoms with Gasteiger partial charge in [-0.25, -0.2) is 5.84 Å². The largest absolute Gasteiger partial charge is 0.368 e. The number of hydrazine groups is 1. The number of carbonyl (C=O) groups is 1. The number of hydrogen-bond acceptors (Lipinski definition) is 8. The highest BCUT2D eigenvalue weighted by Crippen LogP contribution is 2.15. The third-order valence-corrected chi connectivity index (χ3v) is 2.36.